The van der Waals surface area contributed by atoms with Gasteiger partial charge in [-0.15, -0.1) is 11.3 Å². The number of ether oxygens (including phenoxy) is 2. The standard InChI is InChI=1S/C24H26N4O4S/c1-31-20-9-7-19(8-10-20)27-11-13-28(14-12-27)22(29)16-32-23(30)21-17-33-24(26-21)25-15-18-5-3-2-4-6-18/h2-10,17H,11-16H2,1H3,(H,25,26). The summed E-state index contributed by atoms with van der Waals surface area (Å²) in [7, 11) is 1.64. The third kappa shape index (κ3) is 6.01. The van der Waals surface area contributed by atoms with Crippen molar-refractivity contribution in [3.05, 3.63) is 71.2 Å². The SMILES string of the molecule is COc1ccc(N2CCN(C(=O)COC(=O)c3csc(NCc4ccccc4)n3)CC2)cc1. The molecule has 8 nitrogen and oxygen atoms in total. The number of amides is 1. The summed E-state index contributed by atoms with van der Waals surface area (Å²) >= 11 is 1.33. The second kappa shape index (κ2) is 10.8. The molecule has 1 aliphatic heterocycles. The predicted molar refractivity (Wildman–Crippen MR) is 128 cm³/mol. The summed E-state index contributed by atoms with van der Waals surface area (Å²) in [6.45, 7) is 2.91. The number of methoxy groups -OCH3 is 1. The van der Waals surface area contributed by atoms with Crippen LogP contribution >= 0.6 is 11.3 Å². The zero-order chi connectivity index (χ0) is 23.0. The maximum Gasteiger partial charge on any atom is 0.358 e. The number of carbonyl (C=O) groups is 2. The van der Waals surface area contributed by atoms with Gasteiger partial charge in [-0.3, -0.25) is 4.79 Å². The maximum atomic E-state index is 12.5. The summed E-state index contributed by atoms with van der Waals surface area (Å²) in [5.41, 5.74) is 2.41. The molecule has 172 valence electrons. The number of nitrogens with one attached hydrogen (secondary N) is 1. The molecule has 1 aliphatic rings. The van der Waals surface area contributed by atoms with E-state index < -0.39 is 5.97 Å². The number of hydrogen-bond donors (Lipinski definition) is 1. The van der Waals surface area contributed by atoms with Crippen LogP contribution in [0.2, 0.25) is 0 Å². The molecule has 0 atom stereocenters. The van der Waals surface area contributed by atoms with Gasteiger partial charge in [0.15, 0.2) is 17.4 Å². The lowest BCUT2D eigenvalue weighted by Crippen LogP contribution is -2.49. The molecule has 0 aliphatic carbocycles. The summed E-state index contributed by atoms with van der Waals surface area (Å²) < 4.78 is 10.4. The van der Waals surface area contributed by atoms with Crippen molar-refractivity contribution < 1.29 is 19.1 Å². The zero-order valence-electron chi connectivity index (χ0n) is 18.4. The van der Waals surface area contributed by atoms with Gasteiger partial charge in [-0.2, -0.15) is 0 Å². The van der Waals surface area contributed by atoms with Crippen LogP contribution < -0.4 is 15.0 Å². The van der Waals surface area contributed by atoms with Gasteiger partial charge in [-0.1, -0.05) is 30.3 Å². The molecule has 0 saturated carbocycles. The number of piperazine rings is 1. The van der Waals surface area contributed by atoms with E-state index in [1.165, 1.54) is 11.3 Å². The molecule has 1 aromatic heterocycles. The fourth-order valence-corrected chi connectivity index (χ4v) is 4.20. The number of nitrogens with zero attached hydrogens (tertiary/aromatic N) is 3. The van der Waals surface area contributed by atoms with Crippen molar-refractivity contribution >= 4 is 34.0 Å². The van der Waals surface area contributed by atoms with Crippen LogP contribution in [-0.2, 0) is 16.1 Å². The van der Waals surface area contributed by atoms with Crippen LogP contribution in [0.15, 0.2) is 60.0 Å². The molecule has 1 saturated heterocycles. The topological polar surface area (TPSA) is 84.0 Å². The van der Waals surface area contributed by atoms with Crippen molar-refractivity contribution in [1.82, 2.24) is 9.88 Å². The second-order valence-electron chi connectivity index (χ2n) is 7.52. The van der Waals surface area contributed by atoms with Crippen LogP contribution in [0.3, 0.4) is 0 Å². The monoisotopic (exact) mass is 466 g/mol. The number of anilines is 2. The minimum absolute atomic E-state index is 0.199. The van der Waals surface area contributed by atoms with Gasteiger partial charge in [0.05, 0.1) is 7.11 Å². The number of rotatable bonds is 8. The van der Waals surface area contributed by atoms with Crippen LogP contribution in [0, 0.1) is 0 Å². The fourth-order valence-electron chi connectivity index (χ4n) is 3.52. The molecule has 33 heavy (non-hydrogen) atoms. The van der Waals surface area contributed by atoms with E-state index in [0.29, 0.717) is 37.9 Å². The van der Waals surface area contributed by atoms with Gasteiger partial charge in [-0.25, -0.2) is 9.78 Å². The molecule has 0 spiro atoms. The molecule has 4 rings (SSSR count). The average molecular weight is 467 g/mol. The fraction of sp³-hybridized carbons (Fsp3) is 0.292. The van der Waals surface area contributed by atoms with E-state index in [2.05, 4.69) is 15.2 Å². The number of aromatic nitrogens is 1. The summed E-state index contributed by atoms with van der Waals surface area (Å²) in [6.07, 6.45) is 0. The van der Waals surface area contributed by atoms with Gasteiger partial charge in [0.25, 0.3) is 5.91 Å². The molecule has 9 heteroatoms. The van der Waals surface area contributed by atoms with Crippen LogP contribution in [0.1, 0.15) is 16.1 Å². The summed E-state index contributed by atoms with van der Waals surface area (Å²) in [5.74, 6) is 0.0215. The third-order valence-electron chi connectivity index (χ3n) is 5.40. The first-order valence-corrected chi connectivity index (χ1v) is 11.6. The highest BCUT2D eigenvalue weighted by Crippen LogP contribution is 2.21. The number of thiazole rings is 1. The van der Waals surface area contributed by atoms with E-state index in [1.54, 1.807) is 17.4 Å². The molecule has 2 heterocycles. The molecule has 1 fully saturated rings. The van der Waals surface area contributed by atoms with Crippen LogP contribution in [0.25, 0.3) is 0 Å². The van der Waals surface area contributed by atoms with Gasteiger partial charge in [0.1, 0.15) is 5.75 Å². The van der Waals surface area contributed by atoms with Gasteiger partial charge in [0, 0.05) is 43.8 Å². The highest BCUT2D eigenvalue weighted by atomic mass is 32.1. The Morgan fingerprint density at radius 1 is 1.03 bits per heavy atom. The molecule has 2 aromatic carbocycles. The lowest BCUT2D eigenvalue weighted by Gasteiger charge is -2.36. The number of esters is 1. The minimum atomic E-state index is -0.593. The first-order valence-electron chi connectivity index (χ1n) is 10.7. The Morgan fingerprint density at radius 2 is 1.76 bits per heavy atom. The molecule has 1 N–H and O–H groups in total. The van der Waals surface area contributed by atoms with Crippen molar-refractivity contribution in [2.75, 3.05) is 50.1 Å². The summed E-state index contributed by atoms with van der Waals surface area (Å²) in [4.78, 5) is 33.0. The zero-order valence-corrected chi connectivity index (χ0v) is 19.2. The number of hydrogen-bond acceptors (Lipinski definition) is 8. The lowest BCUT2D eigenvalue weighted by atomic mass is 10.2. The molecule has 0 radical (unpaired) electrons. The van der Waals surface area contributed by atoms with Crippen molar-refractivity contribution in [3.63, 3.8) is 0 Å². The Kier molecular flexibility index (Phi) is 7.41. The summed E-state index contributed by atoms with van der Waals surface area (Å²) in [6, 6.07) is 17.8. The minimum Gasteiger partial charge on any atom is -0.497 e. The van der Waals surface area contributed by atoms with E-state index in [-0.39, 0.29) is 18.2 Å². The molecule has 0 bridgehead atoms. The molecular formula is C24H26N4O4S. The average Bonchev–Trinajstić information content (AvgIpc) is 3.36. The van der Waals surface area contributed by atoms with Crippen molar-refractivity contribution in [1.29, 1.82) is 0 Å². The highest BCUT2D eigenvalue weighted by Gasteiger charge is 2.23. The van der Waals surface area contributed by atoms with Gasteiger partial charge in [-0.05, 0) is 29.8 Å². The van der Waals surface area contributed by atoms with Gasteiger partial charge < -0.3 is 24.6 Å². The first-order chi connectivity index (χ1) is 16.1. The Balaban J connectivity index is 1.20. The van der Waals surface area contributed by atoms with Gasteiger partial charge in [0.2, 0.25) is 0 Å². The second-order valence-corrected chi connectivity index (χ2v) is 8.38. The van der Waals surface area contributed by atoms with E-state index in [4.69, 9.17) is 9.47 Å². The Bertz CT molecular complexity index is 1060. The number of carbonyl (C=O) groups excluding carboxylic acids is 2. The smallest absolute Gasteiger partial charge is 0.358 e. The Labute approximate surface area is 196 Å². The lowest BCUT2D eigenvalue weighted by molar-refractivity contribution is -0.134. The summed E-state index contributed by atoms with van der Waals surface area (Å²) in [5, 5.41) is 5.45. The van der Waals surface area contributed by atoms with E-state index in [9.17, 15) is 9.59 Å². The Hall–Kier alpha value is -3.59. The number of benzene rings is 2. The third-order valence-corrected chi connectivity index (χ3v) is 6.20. The van der Waals surface area contributed by atoms with Crippen LogP contribution in [0.4, 0.5) is 10.8 Å². The quantitative estimate of drug-likeness (QED) is 0.510. The largest absolute Gasteiger partial charge is 0.497 e. The Morgan fingerprint density at radius 3 is 2.45 bits per heavy atom. The van der Waals surface area contributed by atoms with Crippen LogP contribution in [-0.4, -0.2) is 61.7 Å². The van der Waals surface area contributed by atoms with E-state index in [0.717, 1.165) is 17.0 Å². The van der Waals surface area contributed by atoms with E-state index >= 15 is 0 Å². The van der Waals surface area contributed by atoms with Crippen LogP contribution in [0.5, 0.6) is 5.75 Å². The molecular weight excluding hydrogens is 440 g/mol. The van der Waals surface area contributed by atoms with Crippen molar-refractivity contribution in [2.24, 2.45) is 0 Å². The molecule has 3 aromatic rings. The normalized spacial score (nSPS) is 13.5. The van der Waals surface area contributed by atoms with E-state index in [1.807, 2.05) is 54.6 Å². The van der Waals surface area contributed by atoms with Crippen molar-refractivity contribution in [3.8, 4) is 5.75 Å². The predicted octanol–water partition coefficient (Wildman–Crippen LogP) is 3.27. The maximum absolute atomic E-state index is 12.5. The molecule has 1 amide bonds. The first kappa shape index (κ1) is 22.6. The van der Waals surface area contributed by atoms with Gasteiger partial charge >= 0.3 is 5.97 Å². The molecule has 0 unspecified atom stereocenters. The van der Waals surface area contributed by atoms with Crippen molar-refractivity contribution in [2.45, 2.75) is 6.54 Å². The highest BCUT2D eigenvalue weighted by molar-refractivity contribution is 7.13.